The first-order valence-electron chi connectivity index (χ1n) is 5.16. The number of rotatable bonds is 1. The number of nitrogens with two attached hydrogens (primary N) is 1. The molecule has 0 amide bonds. The number of hydrogen-bond acceptors (Lipinski definition) is 3. The number of hydrogen-bond donors (Lipinski definition) is 1. The molecule has 1 fully saturated rings. The lowest BCUT2D eigenvalue weighted by Crippen LogP contribution is -2.44. The van der Waals surface area contributed by atoms with E-state index in [9.17, 15) is 8.42 Å². The zero-order chi connectivity index (χ0) is 11.0. The van der Waals surface area contributed by atoms with Crippen LogP contribution in [0.25, 0.3) is 0 Å². The van der Waals surface area contributed by atoms with E-state index in [1.165, 1.54) is 0 Å². The van der Waals surface area contributed by atoms with E-state index in [0.29, 0.717) is 11.7 Å². The van der Waals surface area contributed by atoms with Crippen molar-refractivity contribution in [3.63, 3.8) is 0 Å². The molecule has 1 heterocycles. The Morgan fingerprint density at radius 3 is 2.36 bits per heavy atom. The molecule has 0 aromatic carbocycles. The van der Waals surface area contributed by atoms with Crippen LogP contribution in [0.3, 0.4) is 0 Å². The molecule has 0 spiro atoms. The SMILES string of the molecule is CC(C)(C)CC1CCS(=O)(=O)CC1N. The third kappa shape index (κ3) is 3.58. The highest BCUT2D eigenvalue weighted by atomic mass is 32.2. The molecule has 4 heteroatoms. The summed E-state index contributed by atoms with van der Waals surface area (Å²) < 4.78 is 22.6. The predicted molar refractivity (Wildman–Crippen MR) is 58.8 cm³/mol. The van der Waals surface area contributed by atoms with Crippen molar-refractivity contribution in [2.45, 2.75) is 39.7 Å². The first-order chi connectivity index (χ1) is 6.20. The summed E-state index contributed by atoms with van der Waals surface area (Å²) in [4.78, 5) is 0. The van der Waals surface area contributed by atoms with Crippen LogP contribution < -0.4 is 5.73 Å². The van der Waals surface area contributed by atoms with Crippen molar-refractivity contribution in [3.05, 3.63) is 0 Å². The molecule has 0 aromatic heterocycles. The van der Waals surface area contributed by atoms with Gasteiger partial charge < -0.3 is 5.73 Å². The summed E-state index contributed by atoms with van der Waals surface area (Å²) in [5.74, 6) is 0.869. The van der Waals surface area contributed by atoms with Gasteiger partial charge in [0.05, 0.1) is 11.5 Å². The minimum Gasteiger partial charge on any atom is -0.327 e. The summed E-state index contributed by atoms with van der Waals surface area (Å²) in [7, 11) is -2.85. The normalized spacial score (nSPS) is 32.9. The molecule has 14 heavy (non-hydrogen) atoms. The maximum atomic E-state index is 11.3. The van der Waals surface area contributed by atoms with Crippen LogP contribution in [0.1, 0.15) is 33.6 Å². The second-order valence-electron chi connectivity index (χ2n) is 5.59. The summed E-state index contributed by atoms with van der Waals surface area (Å²) in [6.45, 7) is 6.51. The molecule has 2 N–H and O–H groups in total. The third-order valence-electron chi connectivity index (χ3n) is 2.73. The first-order valence-corrected chi connectivity index (χ1v) is 6.98. The van der Waals surface area contributed by atoms with E-state index in [1.54, 1.807) is 0 Å². The lowest BCUT2D eigenvalue weighted by molar-refractivity contribution is 0.258. The molecule has 0 bridgehead atoms. The van der Waals surface area contributed by atoms with Gasteiger partial charge in [-0.15, -0.1) is 0 Å². The average molecular weight is 219 g/mol. The van der Waals surface area contributed by atoms with Crippen molar-refractivity contribution in [2.24, 2.45) is 17.1 Å². The van der Waals surface area contributed by atoms with Gasteiger partial charge in [-0.1, -0.05) is 20.8 Å². The Bertz CT molecular complexity index is 290. The lowest BCUT2D eigenvalue weighted by atomic mass is 9.80. The van der Waals surface area contributed by atoms with Crippen molar-refractivity contribution in [3.8, 4) is 0 Å². The monoisotopic (exact) mass is 219 g/mol. The van der Waals surface area contributed by atoms with Crippen LogP contribution in [0.5, 0.6) is 0 Å². The second kappa shape index (κ2) is 3.81. The van der Waals surface area contributed by atoms with Gasteiger partial charge in [0.15, 0.2) is 9.84 Å². The van der Waals surface area contributed by atoms with Gasteiger partial charge in [0.1, 0.15) is 0 Å². The van der Waals surface area contributed by atoms with Crippen LogP contribution in [0, 0.1) is 11.3 Å². The van der Waals surface area contributed by atoms with Gasteiger partial charge in [0.2, 0.25) is 0 Å². The van der Waals surface area contributed by atoms with Crippen LogP contribution >= 0.6 is 0 Å². The van der Waals surface area contributed by atoms with E-state index in [-0.39, 0.29) is 17.2 Å². The van der Waals surface area contributed by atoms with Gasteiger partial charge in [0, 0.05) is 6.04 Å². The molecule has 0 radical (unpaired) electrons. The van der Waals surface area contributed by atoms with Crippen LogP contribution in [-0.2, 0) is 9.84 Å². The van der Waals surface area contributed by atoms with Crippen LogP contribution in [0.4, 0.5) is 0 Å². The molecule has 1 saturated heterocycles. The fraction of sp³-hybridized carbons (Fsp3) is 1.00. The molecule has 0 aliphatic carbocycles. The van der Waals surface area contributed by atoms with Gasteiger partial charge >= 0.3 is 0 Å². The lowest BCUT2D eigenvalue weighted by Gasteiger charge is -2.33. The van der Waals surface area contributed by atoms with Gasteiger partial charge in [0.25, 0.3) is 0 Å². The van der Waals surface area contributed by atoms with E-state index >= 15 is 0 Å². The van der Waals surface area contributed by atoms with Crippen LogP contribution in [0.15, 0.2) is 0 Å². The van der Waals surface area contributed by atoms with Crippen molar-refractivity contribution in [1.82, 2.24) is 0 Å². The summed E-state index contributed by atoms with van der Waals surface area (Å²) in [5, 5.41) is 0. The maximum absolute atomic E-state index is 11.3. The highest BCUT2D eigenvalue weighted by molar-refractivity contribution is 7.91. The third-order valence-corrected chi connectivity index (χ3v) is 4.48. The molecule has 1 rings (SSSR count). The van der Waals surface area contributed by atoms with Gasteiger partial charge in [-0.3, -0.25) is 0 Å². The summed E-state index contributed by atoms with van der Waals surface area (Å²) in [6, 6.07) is -0.159. The molecular weight excluding hydrogens is 198 g/mol. The molecule has 84 valence electrons. The Balaban J connectivity index is 2.59. The van der Waals surface area contributed by atoms with E-state index in [4.69, 9.17) is 5.73 Å². The second-order valence-corrected chi connectivity index (χ2v) is 7.82. The smallest absolute Gasteiger partial charge is 0.151 e. The molecule has 1 aliphatic heterocycles. The Morgan fingerprint density at radius 1 is 1.36 bits per heavy atom. The molecular formula is C10H21NO2S. The van der Waals surface area contributed by atoms with Gasteiger partial charge in [-0.05, 0) is 24.2 Å². The van der Waals surface area contributed by atoms with E-state index in [2.05, 4.69) is 20.8 Å². The molecule has 1 aliphatic rings. The van der Waals surface area contributed by atoms with Crippen LogP contribution in [-0.4, -0.2) is 26.0 Å². The Hall–Kier alpha value is -0.0900. The van der Waals surface area contributed by atoms with Crippen molar-refractivity contribution < 1.29 is 8.42 Å². The van der Waals surface area contributed by atoms with Gasteiger partial charge in [-0.25, -0.2) is 8.42 Å². The Kier molecular flexibility index (Phi) is 3.26. The molecule has 2 atom stereocenters. The number of sulfone groups is 1. The van der Waals surface area contributed by atoms with Crippen molar-refractivity contribution >= 4 is 9.84 Å². The molecule has 0 saturated carbocycles. The quantitative estimate of drug-likeness (QED) is 0.720. The summed E-state index contributed by atoms with van der Waals surface area (Å²) in [6.07, 6.45) is 1.75. The van der Waals surface area contributed by atoms with E-state index in [0.717, 1.165) is 12.8 Å². The zero-order valence-corrected chi connectivity index (χ0v) is 10.1. The Labute approximate surface area is 87.0 Å². The predicted octanol–water partition coefficient (Wildman–Crippen LogP) is 1.18. The fourth-order valence-electron chi connectivity index (χ4n) is 2.10. The first kappa shape index (κ1) is 12.0. The zero-order valence-electron chi connectivity index (χ0n) is 9.29. The van der Waals surface area contributed by atoms with Gasteiger partial charge in [-0.2, -0.15) is 0 Å². The molecule has 3 nitrogen and oxygen atoms in total. The maximum Gasteiger partial charge on any atom is 0.151 e. The minimum atomic E-state index is -2.85. The summed E-state index contributed by atoms with van der Waals surface area (Å²) >= 11 is 0. The van der Waals surface area contributed by atoms with E-state index in [1.807, 2.05) is 0 Å². The minimum absolute atomic E-state index is 0.159. The summed E-state index contributed by atoms with van der Waals surface area (Å²) in [5.41, 5.74) is 6.12. The molecule has 0 aromatic rings. The largest absolute Gasteiger partial charge is 0.327 e. The fourth-order valence-corrected chi connectivity index (χ4v) is 3.78. The topological polar surface area (TPSA) is 60.2 Å². The highest BCUT2D eigenvalue weighted by Gasteiger charge is 2.32. The Morgan fingerprint density at radius 2 is 1.93 bits per heavy atom. The highest BCUT2D eigenvalue weighted by Crippen LogP contribution is 2.30. The van der Waals surface area contributed by atoms with Crippen LogP contribution in [0.2, 0.25) is 0 Å². The van der Waals surface area contributed by atoms with Crippen molar-refractivity contribution in [1.29, 1.82) is 0 Å². The van der Waals surface area contributed by atoms with Crippen molar-refractivity contribution in [2.75, 3.05) is 11.5 Å². The standard InChI is InChI=1S/C10H21NO2S/c1-10(2,3)6-8-4-5-14(12,13)7-9(8)11/h8-9H,4-7,11H2,1-3H3. The average Bonchev–Trinajstić information content (AvgIpc) is 1.92. The molecule has 2 unspecified atom stereocenters. The van der Waals surface area contributed by atoms with E-state index < -0.39 is 9.84 Å².